The summed E-state index contributed by atoms with van der Waals surface area (Å²) in [5, 5.41) is 0. The van der Waals surface area contributed by atoms with Gasteiger partial charge in [-0.05, 0) is 18.9 Å². The van der Waals surface area contributed by atoms with E-state index in [4.69, 9.17) is 4.74 Å². The first kappa shape index (κ1) is 13.1. The molecule has 0 saturated carbocycles. The maximum absolute atomic E-state index is 11.5. The summed E-state index contributed by atoms with van der Waals surface area (Å²) in [4.78, 5) is 11.5. The van der Waals surface area contributed by atoms with Crippen LogP contribution in [0.4, 0.5) is 0 Å². The minimum atomic E-state index is -2.93. The molecule has 0 atom stereocenters. The van der Waals surface area contributed by atoms with Crippen LogP contribution < -0.4 is 4.74 Å². The topological polar surface area (TPSA) is 60.4 Å². The molecule has 0 N–H and O–H groups in total. The van der Waals surface area contributed by atoms with Crippen LogP contribution in [0, 0.1) is 0 Å². The van der Waals surface area contributed by atoms with Gasteiger partial charge in [-0.15, -0.1) is 0 Å². The van der Waals surface area contributed by atoms with E-state index in [1.807, 2.05) is 12.1 Å². The van der Waals surface area contributed by atoms with Crippen LogP contribution >= 0.6 is 0 Å². The Kier molecular flexibility index (Phi) is 3.71. The second-order valence-electron chi connectivity index (χ2n) is 4.54. The largest absolute Gasteiger partial charge is 0.493 e. The fourth-order valence-corrected chi connectivity index (χ4v) is 2.74. The van der Waals surface area contributed by atoms with Gasteiger partial charge >= 0.3 is 0 Å². The average molecular weight is 268 g/mol. The van der Waals surface area contributed by atoms with Crippen molar-refractivity contribution in [3.63, 3.8) is 0 Å². The molecule has 0 radical (unpaired) electrons. The number of ether oxygens (including phenoxy) is 1. The smallest absolute Gasteiger partial charge is 0.163 e. The quantitative estimate of drug-likeness (QED) is 0.761. The molecular weight excluding hydrogens is 252 g/mol. The van der Waals surface area contributed by atoms with Crippen LogP contribution in [0.1, 0.15) is 28.8 Å². The van der Waals surface area contributed by atoms with Crippen LogP contribution in [0.25, 0.3) is 0 Å². The minimum Gasteiger partial charge on any atom is -0.493 e. The molecule has 0 heterocycles. The van der Waals surface area contributed by atoms with E-state index >= 15 is 0 Å². The van der Waals surface area contributed by atoms with E-state index in [1.54, 1.807) is 6.07 Å². The number of carbonyl (C=O) groups excluding carboxylic acids is 1. The number of carbonyl (C=O) groups is 1. The molecule has 0 amide bonds. The lowest BCUT2D eigenvalue weighted by atomic mass is 10.1. The fourth-order valence-electron chi connectivity index (χ4n) is 2.10. The van der Waals surface area contributed by atoms with Crippen LogP contribution in [-0.4, -0.2) is 32.8 Å². The monoisotopic (exact) mass is 268 g/mol. The Labute approximate surface area is 107 Å². The Morgan fingerprint density at radius 1 is 1.28 bits per heavy atom. The second-order valence-corrected chi connectivity index (χ2v) is 6.80. The first-order chi connectivity index (χ1) is 8.47. The van der Waals surface area contributed by atoms with E-state index < -0.39 is 9.84 Å². The van der Waals surface area contributed by atoms with Gasteiger partial charge in [-0.1, -0.05) is 12.1 Å². The summed E-state index contributed by atoms with van der Waals surface area (Å²) in [6.45, 7) is 0.359. The van der Waals surface area contributed by atoms with Crippen molar-refractivity contribution in [2.75, 3.05) is 18.6 Å². The van der Waals surface area contributed by atoms with E-state index in [1.165, 1.54) is 6.26 Å². The molecular formula is C13H16O4S. The third-order valence-corrected chi connectivity index (χ3v) is 3.98. The summed E-state index contributed by atoms with van der Waals surface area (Å²) in [5.41, 5.74) is 1.71. The first-order valence-corrected chi connectivity index (χ1v) is 7.99. The van der Waals surface area contributed by atoms with Crippen molar-refractivity contribution in [1.29, 1.82) is 0 Å². The number of rotatable bonds is 5. The lowest BCUT2D eigenvalue weighted by Crippen LogP contribution is -2.08. The molecule has 0 unspecified atom stereocenters. The highest BCUT2D eigenvalue weighted by atomic mass is 32.2. The van der Waals surface area contributed by atoms with Gasteiger partial charge in [-0.2, -0.15) is 0 Å². The molecule has 1 aromatic carbocycles. The Morgan fingerprint density at radius 3 is 2.78 bits per heavy atom. The van der Waals surface area contributed by atoms with E-state index in [-0.39, 0.29) is 11.5 Å². The Hall–Kier alpha value is -1.36. The van der Waals surface area contributed by atoms with Crippen molar-refractivity contribution in [3.8, 4) is 5.75 Å². The third-order valence-electron chi connectivity index (χ3n) is 2.95. The van der Waals surface area contributed by atoms with Crippen molar-refractivity contribution >= 4 is 15.6 Å². The van der Waals surface area contributed by atoms with Gasteiger partial charge in [-0.25, -0.2) is 8.42 Å². The zero-order valence-electron chi connectivity index (χ0n) is 10.3. The van der Waals surface area contributed by atoms with Crippen LogP contribution in [0.2, 0.25) is 0 Å². The number of hydrogen-bond donors (Lipinski definition) is 0. The fraction of sp³-hybridized carbons (Fsp3) is 0.462. The van der Waals surface area contributed by atoms with Crippen molar-refractivity contribution in [2.24, 2.45) is 0 Å². The molecule has 4 nitrogen and oxygen atoms in total. The number of sulfone groups is 1. The van der Waals surface area contributed by atoms with E-state index in [0.29, 0.717) is 25.2 Å². The minimum absolute atomic E-state index is 0.126. The van der Waals surface area contributed by atoms with Gasteiger partial charge in [0.1, 0.15) is 15.6 Å². The summed E-state index contributed by atoms with van der Waals surface area (Å²) in [6.07, 6.45) is 2.94. The summed E-state index contributed by atoms with van der Waals surface area (Å²) >= 11 is 0. The molecule has 2 rings (SSSR count). The number of ketones is 1. The predicted molar refractivity (Wildman–Crippen MR) is 68.9 cm³/mol. The third kappa shape index (κ3) is 3.10. The molecule has 5 heteroatoms. The SMILES string of the molecule is CS(=O)(=O)CCCOc1cccc2c1CCC2=O. The van der Waals surface area contributed by atoms with Crippen LogP contribution in [-0.2, 0) is 16.3 Å². The van der Waals surface area contributed by atoms with Crippen molar-refractivity contribution in [1.82, 2.24) is 0 Å². The molecule has 1 aliphatic carbocycles. The Morgan fingerprint density at radius 2 is 2.06 bits per heavy atom. The zero-order chi connectivity index (χ0) is 13.2. The highest BCUT2D eigenvalue weighted by molar-refractivity contribution is 7.90. The molecule has 18 heavy (non-hydrogen) atoms. The molecule has 0 bridgehead atoms. The molecule has 0 fully saturated rings. The Balaban J connectivity index is 1.97. The first-order valence-electron chi connectivity index (χ1n) is 5.93. The lowest BCUT2D eigenvalue weighted by molar-refractivity contribution is 0.0994. The summed E-state index contributed by atoms with van der Waals surface area (Å²) in [6, 6.07) is 5.44. The molecule has 98 valence electrons. The highest BCUT2D eigenvalue weighted by Gasteiger charge is 2.22. The number of Topliss-reactive ketones (excluding diaryl/α,β-unsaturated/α-hetero) is 1. The van der Waals surface area contributed by atoms with Gasteiger partial charge in [0, 0.05) is 23.8 Å². The zero-order valence-corrected chi connectivity index (χ0v) is 11.1. The van der Waals surface area contributed by atoms with Gasteiger partial charge in [-0.3, -0.25) is 4.79 Å². The van der Waals surface area contributed by atoms with Gasteiger partial charge in [0.25, 0.3) is 0 Å². The van der Waals surface area contributed by atoms with Crippen LogP contribution in [0.5, 0.6) is 5.75 Å². The maximum Gasteiger partial charge on any atom is 0.163 e. The average Bonchev–Trinajstić information content (AvgIpc) is 2.67. The van der Waals surface area contributed by atoms with E-state index in [2.05, 4.69) is 0 Å². The number of hydrogen-bond acceptors (Lipinski definition) is 4. The van der Waals surface area contributed by atoms with E-state index in [9.17, 15) is 13.2 Å². The van der Waals surface area contributed by atoms with Crippen molar-refractivity contribution < 1.29 is 17.9 Å². The molecule has 0 aliphatic heterocycles. The van der Waals surface area contributed by atoms with Crippen LogP contribution in [0.3, 0.4) is 0 Å². The van der Waals surface area contributed by atoms with Crippen molar-refractivity contribution in [2.45, 2.75) is 19.3 Å². The summed E-state index contributed by atoms with van der Waals surface area (Å²) < 4.78 is 27.5. The molecule has 1 aromatic rings. The standard InChI is InChI=1S/C13H16O4S/c1-18(15,16)9-3-8-17-13-5-2-4-10-11(13)6-7-12(10)14/h2,4-5H,3,6-9H2,1H3. The maximum atomic E-state index is 11.5. The number of fused-ring (bicyclic) bond motifs is 1. The Bertz CT molecular complexity index is 560. The lowest BCUT2D eigenvalue weighted by Gasteiger charge is -2.09. The second kappa shape index (κ2) is 5.10. The van der Waals surface area contributed by atoms with Gasteiger partial charge < -0.3 is 4.74 Å². The molecule has 0 spiro atoms. The molecule has 0 saturated heterocycles. The molecule has 1 aliphatic rings. The number of benzene rings is 1. The van der Waals surface area contributed by atoms with Crippen molar-refractivity contribution in [3.05, 3.63) is 29.3 Å². The summed E-state index contributed by atoms with van der Waals surface area (Å²) in [7, 11) is -2.93. The highest BCUT2D eigenvalue weighted by Crippen LogP contribution is 2.30. The van der Waals surface area contributed by atoms with Gasteiger partial charge in [0.2, 0.25) is 0 Å². The normalized spacial score (nSPS) is 14.6. The van der Waals surface area contributed by atoms with E-state index in [0.717, 1.165) is 17.5 Å². The van der Waals surface area contributed by atoms with Gasteiger partial charge in [0.05, 0.1) is 12.4 Å². The predicted octanol–water partition coefficient (Wildman–Crippen LogP) is 1.63. The van der Waals surface area contributed by atoms with Crippen LogP contribution in [0.15, 0.2) is 18.2 Å². The molecule has 0 aromatic heterocycles. The summed E-state index contributed by atoms with van der Waals surface area (Å²) in [5.74, 6) is 0.999. The van der Waals surface area contributed by atoms with Gasteiger partial charge in [0.15, 0.2) is 5.78 Å².